The van der Waals surface area contributed by atoms with Crippen LogP contribution in [0.5, 0.6) is 0 Å². The van der Waals surface area contributed by atoms with Crippen LogP contribution < -0.4 is 0 Å². The van der Waals surface area contributed by atoms with Gasteiger partial charge in [0.15, 0.2) is 0 Å². The highest BCUT2D eigenvalue weighted by Crippen LogP contribution is 1.99. The molecule has 1 atom stereocenters. The lowest BCUT2D eigenvalue weighted by molar-refractivity contribution is 0.672. The standard InChI is InChI=1S/C6H7N3/c1-6(4-7)9-3-2-8-5-9/h2-3,5-6H,1H3. The van der Waals surface area contributed by atoms with E-state index in [1.165, 1.54) is 0 Å². The highest BCUT2D eigenvalue weighted by Gasteiger charge is 1.97. The Hall–Kier alpha value is -1.30. The molecule has 3 nitrogen and oxygen atoms in total. The number of nitrogens with zero attached hydrogens (tertiary/aromatic N) is 3. The van der Waals surface area contributed by atoms with E-state index in [0.717, 1.165) is 0 Å². The molecule has 0 amide bonds. The lowest BCUT2D eigenvalue weighted by Crippen LogP contribution is -1.97. The van der Waals surface area contributed by atoms with Gasteiger partial charge in [0.1, 0.15) is 6.04 Å². The average molecular weight is 121 g/mol. The SMILES string of the molecule is CC(C#N)n1ccnc1. The molecule has 0 aliphatic rings. The Morgan fingerprint density at radius 1 is 1.78 bits per heavy atom. The van der Waals surface area contributed by atoms with Gasteiger partial charge in [-0.05, 0) is 6.92 Å². The normalized spacial score (nSPS) is 12.4. The van der Waals surface area contributed by atoms with Crippen molar-refractivity contribution in [1.82, 2.24) is 9.55 Å². The predicted octanol–water partition coefficient (Wildman–Crippen LogP) is 0.968. The monoisotopic (exact) mass is 121 g/mol. The van der Waals surface area contributed by atoms with Crippen molar-refractivity contribution < 1.29 is 0 Å². The van der Waals surface area contributed by atoms with Crippen LogP contribution in [-0.4, -0.2) is 9.55 Å². The third-order valence-electron chi connectivity index (χ3n) is 1.16. The summed E-state index contributed by atoms with van der Waals surface area (Å²) in [5, 5.41) is 8.41. The van der Waals surface area contributed by atoms with Crippen LogP contribution in [0, 0.1) is 11.3 Å². The second-order valence-corrected chi connectivity index (χ2v) is 1.81. The fraction of sp³-hybridized carbons (Fsp3) is 0.333. The van der Waals surface area contributed by atoms with Crippen molar-refractivity contribution in [3.8, 4) is 6.07 Å². The van der Waals surface area contributed by atoms with Crippen molar-refractivity contribution in [2.45, 2.75) is 13.0 Å². The van der Waals surface area contributed by atoms with Crippen LogP contribution in [-0.2, 0) is 0 Å². The fourth-order valence-corrected chi connectivity index (χ4v) is 0.565. The van der Waals surface area contributed by atoms with Gasteiger partial charge in [-0.2, -0.15) is 5.26 Å². The second-order valence-electron chi connectivity index (χ2n) is 1.81. The third kappa shape index (κ3) is 1.08. The lowest BCUT2D eigenvalue weighted by Gasteiger charge is -1.99. The van der Waals surface area contributed by atoms with Crippen LogP contribution in [0.1, 0.15) is 13.0 Å². The van der Waals surface area contributed by atoms with E-state index in [2.05, 4.69) is 11.1 Å². The van der Waals surface area contributed by atoms with Gasteiger partial charge in [0, 0.05) is 12.4 Å². The van der Waals surface area contributed by atoms with E-state index < -0.39 is 0 Å². The van der Waals surface area contributed by atoms with E-state index in [4.69, 9.17) is 5.26 Å². The molecule has 0 aliphatic heterocycles. The Balaban J connectivity index is 2.80. The molecule has 0 radical (unpaired) electrons. The van der Waals surface area contributed by atoms with Crippen LogP contribution >= 0.6 is 0 Å². The molecule has 9 heavy (non-hydrogen) atoms. The molecule has 1 rings (SSSR count). The first-order valence-corrected chi connectivity index (χ1v) is 2.71. The van der Waals surface area contributed by atoms with E-state index in [0.29, 0.717) is 0 Å². The minimum atomic E-state index is -0.104. The summed E-state index contributed by atoms with van der Waals surface area (Å²) in [6.45, 7) is 1.82. The second kappa shape index (κ2) is 2.31. The molecule has 0 N–H and O–H groups in total. The molecule has 0 aromatic carbocycles. The molecule has 0 spiro atoms. The summed E-state index contributed by atoms with van der Waals surface area (Å²) in [7, 11) is 0. The molecule has 1 aromatic rings. The van der Waals surface area contributed by atoms with Gasteiger partial charge < -0.3 is 4.57 Å². The minimum absolute atomic E-state index is 0.104. The van der Waals surface area contributed by atoms with Crippen molar-refractivity contribution >= 4 is 0 Å². The molecule has 0 saturated heterocycles. The van der Waals surface area contributed by atoms with Crippen molar-refractivity contribution in [2.75, 3.05) is 0 Å². The van der Waals surface area contributed by atoms with E-state index in [1.54, 1.807) is 23.3 Å². The molecule has 0 bridgehead atoms. The van der Waals surface area contributed by atoms with Crippen LogP contribution in [0.2, 0.25) is 0 Å². The Morgan fingerprint density at radius 3 is 3.00 bits per heavy atom. The number of aromatic nitrogens is 2. The van der Waals surface area contributed by atoms with Crippen molar-refractivity contribution in [3.63, 3.8) is 0 Å². The van der Waals surface area contributed by atoms with Gasteiger partial charge in [0.2, 0.25) is 0 Å². The van der Waals surface area contributed by atoms with Gasteiger partial charge in [0.25, 0.3) is 0 Å². The molecular formula is C6H7N3. The van der Waals surface area contributed by atoms with Crippen molar-refractivity contribution in [1.29, 1.82) is 5.26 Å². The maximum atomic E-state index is 8.41. The zero-order chi connectivity index (χ0) is 6.69. The van der Waals surface area contributed by atoms with Gasteiger partial charge in [-0.15, -0.1) is 0 Å². The fourth-order valence-electron chi connectivity index (χ4n) is 0.565. The van der Waals surface area contributed by atoms with Gasteiger partial charge in [-0.1, -0.05) is 0 Å². The summed E-state index contributed by atoms with van der Waals surface area (Å²) in [5.74, 6) is 0. The molecule has 3 heteroatoms. The van der Waals surface area contributed by atoms with Gasteiger partial charge in [0.05, 0.1) is 12.4 Å². The molecular weight excluding hydrogens is 114 g/mol. The molecule has 46 valence electrons. The Kier molecular flexibility index (Phi) is 1.50. The maximum absolute atomic E-state index is 8.41. The molecule has 0 saturated carbocycles. The lowest BCUT2D eigenvalue weighted by atomic mass is 10.4. The molecule has 0 fully saturated rings. The van der Waals surface area contributed by atoms with Gasteiger partial charge in [-0.25, -0.2) is 4.98 Å². The zero-order valence-corrected chi connectivity index (χ0v) is 5.15. The molecule has 1 heterocycles. The summed E-state index contributed by atoms with van der Waals surface area (Å²) in [5.41, 5.74) is 0. The Morgan fingerprint density at radius 2 is 2.56 bits per heavy atom. The first kappa shape index (κ1) is 5.83. The topological polar surface area (TPSA) is 41.6 Å². The first-order valence-electron chi connectivity index (χ1n) is 2.71. The smallest absolute Gasteiger partial charge is 0.119 e. The van der Waals surface area contributed by atoms with Crippen LogP contribution in [0.3, 0.4) is 0 Å². The highest BCUT2D eigenvalue weighted by molar-refractivity contribution is 4.89. The van der Waals surface area contributed by atoms with E-state index in [1.807, 2.05) is 6.92 Å². The van der Waals surface area contributed by atoms with Gasteiger partial charge in [-0.3, -0.25) is 0 Å². The maximum Gasteiger partial charge on any atom is 0.119 e. The van der Waals surface area contributed by atoms with Crippen LogP contribution in [0.15, 0.2) is 18.7 Å². The number of rotatable bonds is 1. The summed E-state index contributed by atoms with van der Waals surface area (Å²) in [4.78, 5) is 3.80. The first-order chi connectivity index (χ1) is 4.34. The summed E-state index contributed by atoms with van der Waals surface area (Å²) < 4.78 is 1.75. The number of hydrogen-bond donors (Lipinski definition) is 0. The van der Waals surface area contributed by atoms with Crippen molar-refractivity contribution in [2.24, 2.45) is 0 Å². The van der Waals surface area contributed by atoms with Crippen LogP contribution in [0.25, 0.3) is 0 Å². The van der Waals surface area contributed by atoms with Crippen LogP contribution in [0.4, 0.5) is 0 Å². The summed E-state index contributed by atoms with van der Waals surface area (Å²) in [6.07, 6.45) is 5.07. The molecule has 0 aliphatic carbocycles. The number of hydrogen-bond acceptors (Lipinski definition) is 2. The zero-order valence-electron chi connectivity index (χ0n) is 5.15. The summed E-state index contributed by atoms with van der Waals surface area (Å²) in [6, 6.07) is 1.99. The van der Waals surface area contributed by atoms with E-state index in [-0.39, 0.29) is 6.04 Å². The third-order valence-corrected chi connectivity index (χ3v) is 1.16. The molecule has 1 aromatic heterocycles. The van der Waals surface area contributed by atoms with Crippen molar-refractivity contribution in [3.05, 3.63) is 18.7 Å². The Bertz CT molecular complexity index is 207. The number of nitriles is 1. The van der Waals surface area contributed by atoms with Gasteiger partial charge >= 0.3 is 0 Å². The number of imidazole rings is 1. The average Bonchev–Trinajstić information content (AvgIpc) is 2.37. The van der Waals surface area contributed by atoms with E-state index >= 15 is 0 Å². The van der Waals surface area contributed by atoms with E-state index in [9.17, 15) is 0 Å². The quantitative estimate of drug-likeness (QED) is 0.555. The predicted molar refractivity (Wildman–Crippen MR) is 32.6 cm³/mol. The largest absolute Gasteiger partial charge is 0.321 e. The summed E-state index contributed by atoms with van der Waals surface area (Å²) >= 11 is 0. The Labute approximate surface area is 53.6 Å². The highest BCUT2D eigenvalue weighted by atomic mass is 15.0. The molecule has 1 unspecified atom stereocenters. The minimum Gasteiger partial charge on any atom is -0.321 e.